The highest BCUT2D eigenvalue weighted by atomic mass is 32.1. The Morgan fingerprint density at radius 3 is 3.00 bits per heavy atom. The van der Waals surface area contributed by atoms with Crippen LogP contribution in [0.1, 0.15) is 35.4 Å². The van der Waals surface area contributed by atoms with Gasteiger partial charge in [-0.15, -0.1) is 11.3 Å². The van der Waals surface area contributed by atoms with Gasteiger partial charge >= 0.3 is 0 Å². The lowest BCUT2D eigenvalue weighted by Crippen LogP contribution is -2.48. The standard InChI is InChI=1S/C12H18N2OS/c13-9-4-1-2-5-10(9)14-8-11(15)12-6-3-7-16-12/h3,6-7,9-10,14H,1-2,4-5,8,13H2. The zero-order valence-corrected chi connectivity index (χ0v) is 10.1. The molecular formula is C12H18N2OS. The minimum atomic E-state index is 0.174. The van der Waals surface area contributed by atoms with Gasteiger partial charge in [-0.2, -0.15) is 0 Å². The largest absolute Gasteiger partial charge is 0.326 e. The molecule has 0 spiro atoms. The van der Waals surface area contributed by atoms with E-state index in [1.54, 1.807) is 0 Å². The number of carbonyl (C=O) groups excluding carboxylic acids is 1. The molecule has 0 radical (unpaired) electrons. The molecule has 3 N–H and O–H groups in total. The van der Waals surface area contributed by atoms with Crippen molar-refractivity contribution < 1.29 is 4.79 Å². The lowest BCUT2D eigenvalue weighted by atomic mass is 9.91. The highest BCUT2D eigenvalue weighted by molar-refractivity contribution is 7.12. The quantitative estimate of drug-likeness (QED) is 0.786. The van der Waals surface area contributed by atoms with Crippen LogP contribution in [0.25, 0.3) is 0 Å². The number of nitrogens with one attached hydrogen (secondary N) is 1. The third-order valence-electron chi connectivity index (χ3n) is 3.14. The Hall–Kier alpha value is -0.710. The molecule has 2 atom stereocenters. The monoisotopic (exact) mass is 238 g/mol. The van der Waals surface area contributed by atoms with Gasteiger partial charge in [0, 0.05) is 12.1 Å². The summed E-state index contributed by atoms with van der Waals surface area (Å²) >= 11 is 1.50. The van der Waals surface area contributed by atoms with Gasteiger partial charge in [-0.3, -0.25) is 4.79 Å². The fraction of sp³-hybridized carbons (Fsp3) is 0.583. The number of rotatable bonds is 4. The minimum Gasteiger partial charge on any atom is -0.326 e. The molecule has 1 fully saturated rings. The van der Waals surface area contributed by atoms with Gasteiger partial charge in [-0.1, -0.05) is 18.9 Å². The molecule has 4 heteroatoms. The fourth-order valence-electron chi connectivity index (χ4n) is 2.16. The van der Waals surface area contributed by atoms with E-state index in [2.05, 4.69) is 5.32 Å². The maximum Gasteiger partial charge on any atom is 0.186 e. The molecule has 88 valence electrons. The third-order valence-corrected chi connectivity index (χ3v) is 4.05. The van der Waals surface area contributed by atoms with Gasteiger partial charge in [-0.05, 0) is 24.3 Å². The van der Waals surface area contributed by atoms with Gasteiger partial charge in [0.15, 0.2) is 5.78 Å². The SMILES string of the molecule is NC1CCCCC1NCC(=O)c1cccs1. The van der Waals surface area contributed by atoms with Crippen LogP contribution in [-0.4, -0.2) is 24.4 Å². The molecule has 0 amide bonds. The molecular weight excluding hydrogens is 220 g/mol. The second-order valence-corrected chi connectivity index (χ2v) is 5.28. The van der Waals surface area contributed by atoms with Gasteiger partial charge < -0.3 is 11.1 Å². The number of ketones is 1. The molecule has 0 aliphatic heterocycles. The van der Waals surface area contributed by atoms with Crippen molar-refractivity contribution in [3.63, 3.8) is 0 Å². The van der Waals surface area contributed by atoms with Crippen molar-refractivity contribution in [2.24, 2.45) is 5.73 Å². The molecule has 0 bridgehead atoms. The highest BCUT2D eigenvalue weighted by Crippen LogP contribution is 2.17. The van der Waals surface area contributed by atoms with Crippen LogP contribution in [0.4, 0.5) is 0 Å². The predicted molar refractivity (Wildman–Crippen MR) is 66.9 cm³/mol. The summed E-state index contributed by atoms with van der Waals surface area (Å²) in [5.74, 6) is 0.174. The predicted octanol–water partition coefficient (Wildman–Crippen LogP) is 1.79. The number of thiophene rings is 1. The Kier molecular flexibility index (Phi) is 4.09. The highest BCUT2D eigenvalue weighted by Gasteiger charge is 2.21. The van der Waals surface area contributed by atoms with Crippen molar-refractivity contribution in [1.29, 1.82) is 0 Å². The van der Waals surface area contributed by atoms with Crippen molar-refractivity contribution in [3.8, 4) is 0 Å². The van der Waals surface area contributed by atoms with E-state index in [4.69, 9.17) is 5.73 Å². The summed E-state index contributed by atoms with van der Waals surface area (Å²) in [6.07, 6.45) is 4.61. The number of hydrogen-bond acceptors (Lipinski definition) is 4. The average Bonchev–Trinajstić information content (AvgIpc) is 2.81. The first-order valence-corrected chi connectivity index (χ1v) is 6.71. The first-order valence-electron chi connectivity index (χ1n) is 5.83. The Balaban J connectivity index is 1.80. The summed E-state index contributed by atoms with van der Waals surface area (Å²) in [5.41, 5.74) is 6.01. The van der Waals surface area contributed by atoms with E-state index in [1.165, 1.54) is 24.2 Å². The molecule has 2 unspecified atom stereocenters. The minimum absolute atomic E-state index is 0.174. The van der Waals surface area contributed by atoms with Crippen molar-refractivity contribution in [3.05, 3.63) is 22.4 Å². The van der Waals surface area contributed by atoms with E-state index in [1.807, 2.05) is 17.5 Å². The van der Waals surface area contributed by atoms with Crippen LogP contribution in [-0.2, 0) is 0 Å². The van der Waals surface area contributed by atoms with Gasteiger partial charge in [0.2, 0.25) is 0 Å². The van der Waals surface area contributed by atoms with E-state index >= 15 is 0 Å². The summed E-state index contributed by atoms with van der Waals surface area (Å²) in [7, 11) is 0. The first kappa shape index (κ1) is 11.8. The van der Waals surface area contributed by atoms with Crippen LogP contribution in [0.2, 0.25) is 0 Å². The van der Waals surface area contributed by atoms with E-state index in [0.29, 0.717) is 12.6 Å². The molecule has 1 heterocycles. The molecule has 1 aliphatic carbocycles. The van der Waals surface area contributed by atoms with Gasteiger partial charge in [0.25, 0.3) is 0 Å². The van der Waals surface area contributed by atoms with Crippen LogP contribution in [0, 0.1) is 0 Å². The maximum atomic E-state index is 11.8. The van der Waals surface area contributed by atoms with Gasteiger partial charge in [-0.25, -0.2) is 0 Å². The topological polar surface area (TPSA) is 55.1 Å². The van der Waals surface area contributed by atoms with E-state index < -0.39 is 0 Å². The summed E-state index contributed by atoms with van der Waals surface area (Å²) in [4.78, 5) is 12.6. The van der Waals surface area contributed by atoms with Gasteiger partial charge in [0.05, 0.1) is 11.4 Å². The second-order valence-electron chi connectivity index (χ2n) is 4.34. The van der Waals surface area contributed by atoms with Crippen molar-refractivity contribution in [2.75, 3.05) is 6.54 Å². The average molecular weight is 238 g/mol. The molecule has 1 saturated carbocycles. The zero-order valence-electron chi connectivity index (χ0n) is 9.32. The van der Waals surface area contributed by atoms with Crippen LogP contribution >= 0.6 is 11.3 Å². The fourth-order valence-corrected chi connectivity index (χ4v) is 2.83. The van der Waals surface area contributed by atoms with Crippen LogP contribution in [0.3, 0.4) is 0 Å². The smallest absolute Gasteiger partial charge is 0.186 e. The number of carbonyl (C=O) groups is 1. The molecule has 16 heavy (non-hydrogen) atoms. The Labute approximate surface area is 100 Å². The van der Waals surface area contributed by atoms with Crippen LogP contribution < -0.4 is 11.1 Å². The van der Waals surface area contributed by atoms with E-state index in [0.717, 1.165) is 17.7 Å². The lowest BCUT2D eigenvalue weighted by Gasteiger charge is -2.29. The lowest BCUT2D eigenvalue weighted by molar-refractivity contribution is 0.0987. The molecule has 1 aromatic rings. The van der Waals surface area contributed by atoms with Gasteiger partial charge in [0.1, 0.15) is 0 Å². The van der Waals surface area contributed by atoms with Crippen LogP contribution in [0.5, 0.6) is 0 Å². The number of Topliss-reactive ketones (excluding diaryl/α,β-unsaturated/α-hetero) is 1. The number of hydrogen-bond donors (Lipinski definition) is 2. The van der Waals surface area contributed by atoms with Crippen molar-refractivity contribution in [2.45, 2.75) is 37.8 Å². The van der Waals surface area contributed by atoms with Crippen molar-refractivity contribution >= 4 is 17.1 Å². The maximum absolute atomic E-state index is 11.8. The second kappa shape index (κ2) is 5.57. The molecule has 0 aromatic carbocycles. The summed E-state index contributed by atoms with van der Waals surface area (Å²) in [5, 5.41) is 5.22. The Bertz CT molecular complexity index is 337. The molecule has 1 aromatic heterocycles. The van der Waals surface area contributed by atoms with E-state index in [-0.39, 0.29) is 11.8 Å². The van der Waals surface area contributed by atoms with E-state index in [9.17, 15) is 4.79 Å². The summed E-state index contributed by atoms with van der Waals surface area (Å²) < 4.78 is 0. The van der Waals surface area contributed by atoms with Crippen LogP contribution in [0.15, 0.2) is 17.5 Å². The normalized spacial score (nSPS) is 25.6. The first-order chi connectivity index (χ1) is 7.77. The zero-order chi connectivity index (χ0) is 11.4. The molecule has 0 saturated heterocycles. The molecule has 1 aliphatic rings. The third kappa shape index (κ3) is 2.90. The Morgan fingerprint density at radius 2 is 2.31 bits per heavy atom. The number of nitrogens with two attached hydrogens (primary N) is 1. The Morgan fingerprint density at radius 1 is 1.50 bits per heavy atom. The summed E-state index contributed by atoms with van der Waals surface area (Å²) in [6.45, 7) is 0.416. The summed E-state index contributed by atoms with van der Waals surface area (Å²) in [6, 6.07) is 4.31. The molecule has 3 nitrogen and oxygen atoms in total. The van der Waals surface area contributed by atoms with Crippen molar-refractivity contribution in [1.82, 2.24) is 5.32 Å². The molecule has 2 rings (SSSR count).